The Balaban J connectivity index is 1.10. The fourth-order valence-corrected chi connectivity index (χ4v) is 5.89. The third kappa shape index (κ3) is 8.18. The molecule has 0 saturated heterocycles. The van der Waals surface area contributed by atoms with Crippen LogP contribution in [0, 0.1) is 0 Å². The molecule has 0 aliphatic heterocycles. The van der Waals surface area contributed by atoms with Crippen molar-refractivity contribution in [3.05, 3.63) is 92.8 Å². The SMILES string of the molecule is CC(=O)OCCOC(CCOC(C)=O)n1cc(COCCCCCCc2ccc3ccc4cccc5ccc2c3c45)c(=O)[nH]c1=O. The Labute approximate surface area is 266 Å². The Morgan fingerprint density at radius 2 is 1.41 bits per heavy atom. The topological polar surface area (TPSA) is 126 Å². The van der Waals surface area contributed by atoms with E-state index in [9.17, 15) is 19.2 Å². The molecular weight excluding hydrogens is 588 g/mol. The summed E-state index contributed by atoms with van der Waals surface area (Å²) in [5.74, 6) is -0.918. The third-order valence-electron chi connectivity index (χ3n) is 8.08. The standard InChI is InChI=1S/C36H40N2O8/c1-24(39)44-19-17-32(46-21-20-45-25(2)40)38-22-30(35(41)37-36(38)42)23-43-18-6-4-3-5-8-26-11-12-29-14-13-27-9-7-10-28-15-16-31(26)34(29)33(27)28/h7,9-16,22,32H,3-6,8,17-21,23H2,1-2H3,(H,37,41,42). The fourth-order valence-electron chi connectivity index (χ4n) is 5.89. The maximum atomic E-state index is 12.6. The van der Waals surface area contributed by atoms with Gasteiger partial charge >= 0.3 is 17.6 Å². The van der Waals surface area contributed by atoms with Crippen molar-refractivity contribution in [1.29, 1.82) is 0 Å². The average Bonchev–Trinajstić information content (AvgIpc) is 3.03. The Bertz CT molecular complexity index is 1890. The first-order valence-electron chi connectivity index (χ1n) is 15.8. The van der Waals surface area contributed by atoms with Crippen LogP contribution in [0.25, 0.3) is 32.3 Å². The summed E-state index contributed by atoms with van der Waals surface area (Å²) in [7, 11) is 0. The van der Waals surface area contributed by atoms with Crippen LogP contribution in [0.1, 0.15) is 63.3 Å². The van der Waals surface area contributed by atoms with Gasteiger partial charge in [0.2, 0.25) is 0 Å². The second-order valence-corrected chi connectivity index (χ2v) is 11.4. The number of carbonyl (C=O) groups is 2. The van der Waals surface area contributed by atoms with Crippen LogP contribution in [0.2, 0.25) is 0 Å². The molecule has 1 unspecified atom stereocenters. The number of ether oxygens (including phenoxy) is 4. The number of nitrogens with zero attached hydrogens (tertiary/aromatic N) is 1. The zero-order chi connectivity index (χ0) is 32.5. The first-order chi connectivity index (χ1) is 22.3. The number of aromatic nitrogens is 2. The van der Waals surface area contributed by atoms with Crippen molar-refractivity contribution in [2.75, 3.05) is 26.4 Å². The van der Waals surface area contributed by atoms with Crippen molar-refractivity contribution in [3.8, 4) is 0 Å². The van der Waals surface area contributed by atoms with E-state index in [1.807, 2.05) is 0 Å². The number of aryl methyl sites for hydroxylation is 1. The zero-order valence-corrected chi connectivity index (χ0v) is 26.3. The number of nitrogens with one attached hydrogen (secondary N) is 1. The average molecular weight is 629 g/mol. The first-order valence-corrected chi connectivity index (χ1v) is 15.8. The molecule has 5 rings (SSSR count). The molecule has 46 heavy (non-hydrogen) atoms. The van der Waals surface area contributed by atoms with Gasteiger partial charge in [-0.1, -0.05) is 67.4 Å². The molecule has 0 amide bonds. The number of H-pyrrole nitrogens is 1. The number of benzene rings is 4. The Morgan fingerprint density at radius 1 is 0.739 bits per heavy atom. The molecule has 10 heteroatoms. The van der Waals surface area contributed by atoms with Crippen molar-refractivity contribution < 1.29 is 28.5 Å². The number of unbranched alkanes of at least 4 members (excludes halogenated alkanes) is 3. The second kappa shape index (κ2) is 15.6. The summed E-state index contributed by atoms with van der Waals surface area (Å²) in [6, 6.07) is 19.9. The molecule has 4 aromatic carbocycles. The molecule has 10 nitrogen and oxygen atoms in total. The molecule has 0 aliphatic carbocycles. The smallest absolute Gasteiger partial charge is 0.330 e. The highest BCUT2D eigenvalue weighted by Crippen LogP contribution is 2.36. The van der Waals surface area contributed by atoms with Crippen LogP contribution >= 0.6 is 0 Å². The minimum Gasteiger partial charge on any atom is -0.466 e. The van der Waals surface area contributed by atoms with Gasteiger partial charge in [-0.25, -0.2) is 4.79 Å². The van der Waals surface area contributed by atoms with E-state index in [1.54, 1.807) is 0 Å². The second-order valence-electron chi connectivity index (χ2n) is 11.4. The summed E-state index contributed by atoms with van der Waals surface area (Å²) < 4.78 is 22.7. The first kappa shape index (κ1) is 32.8. The fraction of sp³-hybridized carbons (Fsp3) is 0.389. The molecule has 0 fully saturated rings. The quantitative estimate of drug-likeness (QED) is 0.0780. The molecule has 1 N–H and O–H groups in total. The minimum atomic E-state index is -0.855. The van der Waals surface area contributed by atoms with Gasteiger partial charge in [0.05, 0.1) is 25.4 Å². The Kier molecular flexibility index (Phi) is 11.2. The van der Waals surface area contributed by atoms with Crippen molar-refractivity contribution >= 4 is 44.3 Å². The van der Waals surface area contributed by atoms with Crippen molar-refractivity contribution in [1.82, 2.24) is 9.55 Å². The van der Waals surface area contributed by atoms with Gasteiger partial charge in [-0.3, -0.25) is 23.9 Å². The predicted octanol–water partition coefficient (Wildman–Crippen LogP) is 5.79. The molecule has 1 aromatic heterocycles. The molecule has 0 aliphatic rings. The number of esters is 2. The van der Waals surface area contributed by atoms with Crippen molar-refractivity contribution in [2.45, 2.75) is 65.2 Å². The number of hydrogen-bond donors (Lipinski definition) is 1. The van der Waals surface area contributed by atoms with Gasteiger partial charge in [-0.15, -0.1) is 0 Å². The van der Waals surface area contributed by atoms with Crippen LogP contribution in [0.3, 0.4) is 0 Å². The van der Waals surface area contributed by atoms with Gasteiger partial charge in [0.1, 0.15) is 12.8 Å². The maximum absolute atomic E-state index is 12.6. The lowest BCUT2D eigenvalue weighted by Gasteiger charge is -2.20. The number of aromatic amines is 1. The van der Waals surface area contributed by atoms with Gasteiger partial charge in [0.25, 0.3) is 5.56 Å². The largest absolute Gasteiger partial charge is 0.466 e. The summed E-state index contributed by atoms with van der Waals surface area (Å²) in [6.07, 6.45) is 5.69. The third-order valence-corrected chi connectivity index (χ3v) is 8.08. The predicted molar refractivity (Wildman–Crippen MR) is 176 cm³/mol. The van der Waals surface area contributed by atoms with E-state index >= 15 is 0 Å². The minimum absolute atomic E-state index is 0.00167. The van der Waals surface area contributed by atoms with Gasteiger partial charge in [0, 0.05) is 33.1 Å². The summed E-state index contributed by atoms with van der Waals surface area (Å²) in [4.78, 5) is 49.7. The van der Waals surface area contributed by atoms with Gasteiger partial charge < -0.3 is 18.9 Å². The number of carbonyl (C=O) groups excluding carboxylic acids is 2. The molecule has 0 bridgehead atoms. The van der Waals surface area contributed by atoms with Crippen LogP contribution in [0.4, 0.5) is 0 Å². The van der Waals surface area contributed by atoms with Crippen LogP contribution in [-0.4, -0.2) is 47.9 Å². The van der Waals surface area contributed by atoms with E-state index in [0.717, 1.165) is 32.1 Å². The zero-order valence-electron chi connectivity index (χ0n) is 26.3. The highest BCUT2D eigenvalue weighted by atomic mass is 16.6. The van der Waals surface area contributed by atoms with Crippen LogP contribution in [0.15, 0.2) is 70.4 Å². The summed E-state index contributed by atoms with van der Waals surface area (Å²) >= 11 is 0. The monoisotopic (exact) mass is 628 g/mol. The van der Waals surface area contributed by atoms with Crippen LogP contribution < -0.4 is 11.2 Å². The maximum Gasteiger partial charge on any atom is 0.330 e. The molecule has 242 valence electrons. The molecule has 0 radical (unpaired) electrons. The van der Waals surface area contributed by atoms with Gasteiger partial charge in [-0.2, -0.15) is 0 Å². The molecule has 1 heterocycles. The van der Waals surface area contributed by atoms with E-state index < -0.39 is 29.4 Å². The normalized spacial score (nSPS) is 12.2. The molecule has 0 spiro atoms. The summed E-state index contributed by atoms with van der Waals surface area (Å²) in [6.45, 7) is 3.08. The van der Waals surface area contributed by atoms with E-state index in [-0.39, 0.29) is 38.4 Å². The summed E-state index contributed by atoms with van der Waals surface area (Å²) in [5.41, 5.74) is 0.444. The van der Waals surface area contributed by atoms with Gasteiger partial charge in [0.15, 0.2) is 0 Å². The Hall–Kier alpha value is -4.54. The molecule has 1 atom stereocenters. The van der Waals surface area contributed by atoms with Crippen molar-refractivity contribution in [2.24, 2.45) is 0 Å². The lowest BCUT2D eigenvalue weighted by atomic mass is 9.90. The van der Waals surface area contributed by atoms with E-state index in [1.165, 1.54) is 62.5 Å². The van der Waals surface area contributed by atoms with E-state index in [0.29, 0.717) is 6.61 Å². The van der Waals surface area contributed by atoms with E-state index in [4.69, 9.17) is 18.9 Å². The molecule has 0 saturated carbocycles. The van der Waals surface area contributed by atoms with Crippen LogP contribution in [-0.2, 0) is 41.6 Å². The number of rotatable bonds is 17. The molecule has 5 aromatic rings. The highest BCUT2D eigenvalue weighted by Gasteiger charge is 2.17. The van der Waals surface area contributed by atoms with Crippen molar-refractivity contribution in [3.63, 3.8) is 0 Å². The lowest BCUT2D eigenvalue weighted by Crippen LogP contribution is -2.36. The highest BCUT2D eigenvalue weighted by molar-refractivity contribution is 6.23. The summed E-state index contributed by atoms with van der Waals surface area (Å²) in [5, 5.41) is 7.86. The lowest BCUT2D eigenvalue weighted by molar-refractivity contribution is -0.146. The van der Waals surface area contributed by atoms with Gasteiger partial charge in [-0.05, 0) is 57.1 Å². The Morgan fingerprint density at radius 3 is 2.17 bits per heavy atom. The van der Waals surface area contributed by atoms with Crippen LogP contribution in [0.5, 0.6) is 0 Å². The van der Waals surface area contributed by atoms with E-state index in [2.05, 4.69) is 59.6 Å². The molecular formula is C36H40N2O8. The number of hydrogen-bond acceptors (Lipinski definition) is 8.